The van der Waals surface area contributed by atoms with Crippen LogP contribution in [0.4, 0.5) is 5.69 Å². The van der Waals surface area contributed by atoms with Crippen LogP contribution >= 0.6 is 0 Å². The Kier molecular flexibility index (Phi) is 4.89. The molecular formula is C21H25NO2. The van der Waals surface area contributed by atoms with Gasteiger partial charge < -0.3 is 10.1 Å². The van der Waals surface area contributed by atoms with Gasteiger partial charge >= 0.3 is 0 Å². The highest BCUT2D eigenvalue weighted by molar-refractivity contribution is 5.93. The normalized spacial score (nSPS) is 13.3. The molecule has 0 fully saturated rings. The highest BCUT2D eigenvalue weighted by Gasteiger charge is 2.15. The number of carbonyl (C=O) groups is 1. The summed E-state index contributed by atoms with van der Waals surface area (Å²) in [5.74, 6) is 0.748. The third-order valence-corrected chi connectivity index (χ3v) is 4.65. The van der Waals surface area contributed by atoms with E-state index in [4.69, 9.17) is 4.74 Å². The van der Waals surface area contributed by atoms with E-state index in [9.17, 15) is 4.79 Å². The maximum absolute atomic E-state index is 12.3. The van der Waals surface area contributed by atoms with Crippen LogP contribution in [0.5, 0.6) is 5.75 Å². The molecule has 0 spiro atoms. The van der Waals surface area contributed by atoms with Crippen molar-refractivity contribution in [1.29, 1.82) is 0 Å². The maximum Gasteiger partial charge on any atom is 0.262 e. The van der Waals surface area contributed by atoms with E-state index < -0.39 is 0 Å². The van der Waals surface area contributed by atoms with E-state index in [0.717, 1.165) is 35.4 Å². The number of anilines is 1. The van der Waals surface area contributed by atoms with Crippen molar-refractivity contribution in [1.82, 2.24) is 0 Å². The summed E-state index contributed by atoms with van der Waals surface area (Å²) in [6, 6.07) is 10.3. The summed E-state index contributed by atoms with van der Waals surface area (Å²) in [7, 11) is 0. The Balaban J connectivity index is 1.67. The Bertz CT molecular complexity index is 741. The Hall–Kier alpha value is -2.29. The highest BCUT2D eigenvalue weighted by Crippen LogP contribution is 2.29. The first-order chi connectivity index (χ1) is 11.5. The van der Waals surface area contributed by atoms with Crippen molar-refractivity contribution in [2.45, 2.75) is 46.5 Å². The summed E-state index contributed by atoms with van der Waals surface area (Å²) in [6.45, 7) is 6.14. The minimum absolute atomic E-state index is 0.0449. The molecule has 0 radical (unpaired) electrons. The van der Waals surface area contributed by atoms with E-state index in [-0.39, 0.29) is 12.5 Å². The van der Waals surface area contributed by atoms with Crippen molar-refractivity contribution in [3.8, 4) is 5.75 Å². The van der Waals surface area contributed by atoms with Crippen LogP contribution in [-0.2, 0) is 17.6 Å². The molecule has 1 aliphatic rings. The van der Waals surface area contributed by atoms with Gasteiger partial charge in [-0.25, -0.2) is 0 Å². The summed E-state index contributed by atoms with van der Waals surface area (Å²) in [5, 5.41) is 2.99. The monoisotopic (exact) mass is 323 g/mol. The minimum atomic E-state index is -0.113. The first kappa shape index (κ1) is 16.6. The lowest BCUT2D eigenvalue weighted by molar-refractivity contribution is -0.118. The zero-order valence-electron chi connectivity index (χ0n) is 14.7. The third kappa shape index (κ3) is 3.61. The Morgan fingerprint density at radius 1 is 1.08 bits per heavy atom. The number of ether oxygens (including phenoxy) is 1. The molecule has 3 nitrogen and oxygen atoms in total. The molecular weight excluding hydrogens is 298 g/mol. The average Bonchev–Trinajstić information content (AvgIpc) is 2.56. The van der Waals surface area contributed by atoms with Crippen LogP contribution in [0.2, 0.25) is 0 Å². The average molecular weight is 323 g/mol. The minimum Gasteiger partial charge on any atom is -0.483 e. The number of fused-ring (bicyclic) bond motifs is 1. The SMILES string of the molecule is Cc1cc(C)c(NC(=O)COc2cccc3c2CCCC3)c(C)c1. The smallest absolute Gasteiger partial charge is 0.262 e. The predicted octanol–water partition coefficient (Wildman–Crippen LogP) is 4.51. The van der Waals surface area contributed by atoms with Gasteiger partial charge in [-0.1, -0.05) is 29.8 Å². The number of carbonyl (C=O) groups excluding carboxylic acids is 1. The molecule has 0 saturated carbocycles. The summed E-state index contributed by atoms with van der Waals surface area (Å²) in [5.41, 5.74) is 6.90. The van der Waals surface area contributed by atoms with Crippen molar-refractivity contribution in [3.05, 3.63) is 58.1 Å². The molecule has 0 atom stereocenters. The lowest BCUT2D eigenvalue weighted by Gasteiger charge is -2.19. The van der Waals surface area contributed by atoms with E-state index in [1.165, 1.54) is 29.5 Å². The summed E-state index contributed by atoms with van der Waals surface area (Å²) in [6.07, 6.45) is 4.59. The van der Waals surface area contributed by atoms with E-state index in [2.05, 4.69) is 30.4 Å². The first-order valence-electron chi connectivity index (χ1n) is 8.66. The van der Waals surface area contributed by atoms with Gasteiger partial charge in [0, 0.05) is 5.69 Å². The molecule has 2 aromatic carbocycles. The Morgan fingerprint density at radius 2 is 1.79 bits per heavy atom. The van der Waals surface area contributed by atoms with Crippen LogP contribution < -0.4 is 10.1 Å². The third-order valence-electron chi connectivity index (χ3n) is 4.65. The largest absolute Gasteiger partial charge is 0.483 e. The van der Waals surface area contributed by atoms with Crippen LogP contribution in [0.1, 0.15) is 40.7 Å². The van der Waals surface area contributed by atoms with Gasteiger partial charge in [-0.15, -0.1) is 0 Å². The lowest BCUT2D eigenvalue weighted by atomic mass is 9.91. The first-order valence-corrected chi connectivity index (χ1v) is 8.66. The van der Waals surface area contributed by atoms with Crippen molar-refractivity contribution >= 4 is 11.6 Å². The molecule has 0 aromatic heterocycles. The lowest BCUT2D eigenvalue weighted by Crippen LogP contribution is -2.22. The van der Waals surface area contributed by atoms with Gasteiger partial charge in [-0.2, -0.15) is 0 Å². The number of rotatable bonds is 4. The molecule has 1 aliphatic carbocycles. The molecule has 3 rings (SSSR count). The predicted molar refractivity (Wildman–Crippen MR) is 97.9 cm³/mol. The van der Waals surface area contributed by atoms with Gasteiger partial charge in [0.25, 0.3) is 5.91 Å². The second kappa shape index (κ2) is 7.08. The topological polar surface area (TPSA) is 38.3 Å². The van der Waals surface area contributed by atoms with Crippen LogP contribution in [0.15, 0.2) is 30.3 Å². The van der Waals surface area contributed by atoms with Crippen molar-refractivity contribution in [2.75, 3.05) is 11.9 Å². The number of aryl methyl sites for hydroxylation is 4. The van der Waals surface area contributed by atoms with Gasteiger partial charge in [0.15, 0.2) is 6.61 Å². The van der Waals surface area contributed by atoms with Crippen LogP contribution in [-0.4, -0.2) is 12.5 Å². The van der Waals surface area contributed by atoms with E-state index in [0.29, 0.717) is 0 Å². The van der Waals surface area contributed by atoms with Gasteiger partial charge in [0.05, 0.1) is 0 Å². The molecule has 1 N–H and O–H groups in total. The van der Waals surface area contributed by atoms with E-state index >= 15 is 0 Å². The number of amides is 1. The molecule has 0 heterocycles. The second-order valence-electron chi connectivity index (χ2n) is 6.71. The fourth-order valence-electron chi connectivity index (χ4n) is 3.58. The number of hydrogen-bond donors (Lipinski definition) is 1. The molecule has 0 bridgehead atoms. The number of hydrogen-bond acceptors (Lipinski definition) is 2. The molecule has 1 amide bonds. The van der Waals surface area contributed by atoms with Gasteiger partial charge in [0.1, 0.15) is 5.75 Å². The quantitative estimate of drug-likeness (QED) is 0.899. The van der Waals surface area contributed by atoms with Crippen molar-refractivity contribution in [3.63, 3.8) is 0 Å². The number of benzene rings is 2. The molecule has 3 heteroatoms. The second-order valence-corrected chi connectivity index (χ2v) is 6.71. The van der Waals surface area contributed by atoms with Crippen LogP contribution in [0, 0.1) is 20.8 Å². The molecule has 2 aromatic rings. The van der Waals surface area contributed by atoms with Crippen molar-refractivity contribution in [2.24, 2.45) is 0 Å². The van der Waals surface area contributed by atoms with Crippen molar-refractivity contribution < 1.29 is 9.53 Å². The van der Waals surface area contributed by atoms with E-state index in [1.54, 1.807) is 0 Å². The fourth-order valence-corrected chi connectivity index (χ4v) is 3.58. The molecule has 24 heavy (non-hydrogen) atoms. The summed E-state index contributed by atoms with van der Waals surface area (Å²) >= 11 is 0. The Labute approximate surface area is 144 Å². The van der Waals surface area contributed by atoms with E-state index in [1.807, 2.05) is 26.0 Å². The molecule has 0 saturated heterocycles. The summed E-state index contributed by atoms with van der Waals surface area (Å²) in [4.78, 5) is 12.3. The zero-order chi connectivity index (χ0) is 17.1. The molecule has 0 aliphatic heterocycles. The summed E-state index contributed by atoms with van der Waals surface area (Å²) < 4.78 is 5.83. The number of nitrogens with one attached hydrogen (secondary N) is 1. The van der Waals surface area contributed by atoms with Gasteiger partial charge in [-0.05, 0) is 74.8 Å². The highest BCUT2D eigenvalue weighted by atomic mass is 16.5. The van der Waals surface area contributed by atoms with Gasteiger partial charge in [-0.3, -0.25) is 4.79 Å². The molecule has 126 valence electrons. The van der Waals surface area contributed by atoms with Crippen LogP contribution in [0.25, 0.3) is 0 Å². The molecule has 0 unspecified atom stereocenters. The standard InChI is InChI=1S/C21H25NO2/c1-14-11-15(2)21(16(3)12-14)22-20(23)13-24-19-10-6-8-17-7-4-5-9-18(17)19/h6,8,10-12H,4-5,7,9,13H2,1-3H3,(H,22,23). The van der Waals surface area contributed by atoms with Gasteiger partial charge in [0.2, 0.25) is 0 Å². The van der Waals surface area contributed by atoms with Crippen LogP contribution in [0.3, 0.4) is 0 Å². The Morgan fingerprint density at radius 3 is 2.54 bits per heavy atom. The zero-order valence-corrected chi connectivity index (χ0v) is 14.7. The maximum atomic E-state index is 12.3. The fraction of sp³-hybridized carbons (Fsp3) is 0.381.